The van der Waals surface area contributed by atoms with Crippen LogP contribution in [0.15, 0.2) is 96.3 Å². The molecule has 3 heteroatoms. The summed E-state index contributed by atoms with van der Waals surface area (Å²) in [5.41, 5.74) is 7.31. The number of aryl methyl sites for hydroxylation is 1. The van der Waals surface area contributed by atoms with Crippen LogP contribution in [0.1, 0.15) is 11.3 Å². The zero-order chi connectivity index (χ0) is 20.0. The van der Waals surface area contributed by atoms with Gasteiger partial charge in [-0.05, 0) is 36.8 Å². The third-order valence-electron chi connectivity index (χ3n) is 5.51. The fraction of sp³-hybridized carbons (Fsp3) is 0.0385. The Morgan fingerprint density at radius 2 is 1.38 bits per heavy atom. The van der Waals surface area contributed by atoms with E-state index in [0.717, 1.165) is 39.1 Å². The Hall–Kier alpha value is -3.85. The lowest BCUT2D eigenvalue weighted by Crippen LogP contribution is -2.21. The SMILES string of the molecule is C=Cc1c(-c2ccccc2)c2c(=O)n(-c3ccccc3)c3ccccc3n2c1C. The van der Waals surface area contributed by atoms with Crippen LogP contribution in [-0.4, -0.2) is 8.97 Å². The zero-order valence-corrected chi connectivity index (χ0v) is 16.2. The van der Waals surface area contributed by atoms with Crippen molar-refractivity contribution in [2.24, 2.45) is 0 Å². The van der Waals surface area contributed by atoms with Gasteiger partial charge in [0.2, 0.25) is 0 Å². The summed E-state index contributed by atoms with van der Waals surface area (Å²) in [5, 5.41) is 0. The summed E-state index contributed by atoms with van der Waals surface area (Å²) >= 11 is 0. The first kappa shape index (κ1) is 17.3. The van der Waals surface area contributed by atoms with E-state index in [-0.39, 0.29) is 5.56 Å². The van der Waals surface area contributed by atoms with E-state index >= 15 is 0 Å². The van der Waals surface area contributed by atoms with Crippen LogP contribution in [0.3, 0.4) is 0 Å². The highest BCUT2D eigenvalue weighted by molar-refractivity contribution is 5.94. The molecular formula is C26H20N2O. The van der Waals surface area contributed by atoms with Crippen LogP contribution < -0.4 is 5.56 Å². The minimum Gasteiger partial charge on any atom is -0.306 e. The molecule has 0 radical (unpaired) electrons. The van der Waals surface area contributed by atoms with Crippen LogP contribution in [0.4, 0.5) is 0 Å². The van der Waals surface area contributed by atoms with Gasteiger partial charge in [0.1, 0.15) is 5.52 Å². The van der Waals surface area contributed by atoms with Crippen LogP contribution in [0, 0.1) is 6.92 Å². The molecule has 0 fully saturated rings. The summed E-state index contributed by atoms with van der Waals surface area (Å²) in [6.45, 7) is 6.09. The number of hydrogen-bond acceptors (Lipinski definition) is 1. The monoisotopic (exact) mass is 376 g/mol. The predicted octanol–water partition coefficient (Wildman–Crippen LogP) is 5.86. The molecule has 0 amide bonds. The van der Waals surface area contributed by atoms with Crippen LogP contribution in [0.25, 0.3) is 39.4 Å². The van der Waals surface area contributed by atoms with Crippen LogP contribution in [0.2, 0.25) is 0 Å². The highest BCUT2D eigenvalue weighted by atomic mass is 16.1. The Balaban J connectivity index is 2.08. The summed E-state index contributed by atoms with van der Waals surface area (Å²) < 4.78 is 3.89. The number of aromatic nitrogens is 2. The Bertz CT molecular complexity index is 1420. The number of fused-ring (bicyclic) bond motifs is 3. The summed E-state index contributed by atoms with van der Waals surface area (Å²) in [5.74, 6) is 0. The van der Waals surface area contributed by atoms with Crippen molar-refractivity contribution in [1.29, 1.82) is 0 Å². The molecule has 3 nitrogen and oxygen atoms in total. The van der Waals surface area contributed by atoms with Gasteiger partial charge < -0.3 is 4.40 Å². The Kier molecular flexibility index (Phi) is 3.95. The molecule has 0 saturated heterocycles. The van der Waals surface area contributed by atoms with Gasteiger partial charge in [-0.3, -0.25) is 9.36 Å². The van der Waals surface area contributed by atoms with Gasteiger partial charge in [0, 0.05) is 22.5 Å². The van der Waals surface area contributed by atoms with Crippen LogP contribution >= 0.6 is 0 Å². The van der Waals surface area contributed by atoms with E-state index in [1.165, 1.54) is 0 Å². The lowest BCUT2D eigenvalue weighted by Gasteiger charge is -2.14. The van der Waals surface area contributed by atoms with Gasteiger partial charge in [-0.15, -0.1) is 0 Å². The highest BCUT2D eigenvalue weighted by Crippen LogP contribution is 2.34. The van der Waals surface area contributed by atoms with Gasteiger partial charge in [0.05, 0.1) is 11.0 Å². The maximum Gasteiger partial charge on any atom is 0.280 e. The molecule has 0 aliphatic rings. The minimum absolute atomic E-state index is 0.0371. The summed E-state index contributed by atoms with van der Waals surface area (Å²) in [6.07, 6.45) is 1.85. The molecule has 2 heterocycles. The van der Waals surface area contributed by atoms with Crippen molar-refractivity contribution in [2.45, 2.75) is 6.92 Å². The number of benzene rings is 3. The fourth-order valence-corrected chi connectivity index (χ4v) is 4.25. The molecule has 3 aromatic carbocycles. The lowest BCUT2D eigenvalue weighted by atomic mass is 10.0. The van der Waals surface area contributed by atoms with Crippen molar-refractivity contribution in [3.8, 4) is 16.8 Å². The third kappa shape index (κ3) is 2.48. The van der Waals surface area contributed by atoms with Crippen LogP contribution in [0.5, 0.6) is 0 Å². The molecule has 0 saturated carbocycles. The van der Waals surface area contributed by atoms with E-state index in [9.17, 15) is 4.79 Å². The van der Waals surface area contributed by atoms with Gasteiger partial charge >= 0.3 is 0 Å². The first-order chi connectivity index (χ1) is 14.2. The average molecular weight is 376 g/mol. The average Bonchev–Trinajstić information content (AvgIpc) is 3.08. The van der Waals surface area contributed by atoms with Crippen molar-refractivity contribution in [3.05, 3.63) is 113 Å². The first-order valence-corrected chi connectivity index (χ1v) is 9.64. The van der Waals surface area contributed by atoms with E-state index in [2.05, 4.69) is 24.0 Å². The van der Waals surface area contributed by atoms with Crippen molar-refractivity contribution in [3.63, 3.8) is 0 Å². The summed E-state index contributed by atoms with van der Waals surface area (Å²) in [7, 11) is 0. The standard InChI is InChI=1S/C26H20N2O/c1-3-21-18(2)27-22-16-10-11-17-23(22)28(20-14-8-5-9-15-20)26(29)25(27)24(21)19-12-6-4-7-13-19/h3-17H,1H2,2H3. The Labute approximate surface area is 168 Å². The van der Waals surface area contributed by atoms with Crippen molar-refractivity contribution in [2.75, 3.05) is 0 Å². The summed E-state index contributed by atoms with van der Waals surface area (Å²) in [6, 6.07) is 27.9. The molecule has 0 spiro atoms. The van der Waals surface area contributed by atoms with Gasteiger partial charge in [0.25, 0.3) is 5.56 Å². The molecule has 0 bridgehead atoms. The number of rotatable bonds is 3. The summed E-state index contributed by atoms with van der Waals surface area (Å²) in [4.78, 5) is 13.9. The molecule has 0 aliphatic heterocycles. The van der Waals surface area contributed by atoms with Crippen molar-refractivity contribution in [1.82, 2.24) is 8.97 Å². The van der Waals surface area contributed by atoms with E-state index in [1.54, 1.807) is 0 Å². The normalized spacial score (nSPS) is 11.2. The lowest BCUT2D eigenvalue weighted by molar-refractivity contribution is 1.01. The van der Waals surface area contributed by atoms with Gasteiger partial charge in [-0.25, -0.2) is 0 Å². The molecule has 5 rings (SSSR count). The van der Waals surface area contributed by atoms with Crippen molar-refractivity contribution < 1.29 is 0 Å². The van der Waals surface area contributed by atoms with Gasteiger partial charge in [-0.1, -0.05) is 73.3 Å². The van der Waals surface area contributed by atoms with Gasteiger partial charge in [0.15, 0.2) is 0 Å². The number of nitrogens with zero attached hydrogens (tertiary/aromatic N) is 2. The molecule has 29 heavy (non-hydrogen) atoms. The third-order valence-corrected chi connectivity index (χ3v) is 5.51. The van der Waals surface area contributed by atoms with Crippen molar-refractivity contribution >= 4 is 22.6 Å². The molecule has 140 valence electrons. The second-order valence-corrected chi connectivity index (χ2v) is 7.09. The molecule has 0 atom stereocenters. The fourth-order valence-electron chi connectivity index (χ4n) is 4.25. The maximum atomic E-state index is 13.9. The Morgan fingerprint density at radius 3 is 2.03 bits per heavy atom. The quantitative estimate of drug-likeness (QED) is 0.387. The number of hydrogen-bond donors (Lipinski definition) is 0. The smallest absolute Gasteiger partial charge is 0.280 e. The second kappa shape index (κ2) is 6.64. The molecule has 5 aromatic rings. The number of para-hydroxylation sites is 3. The molecule has 0 unspecified atom stereocenters. The minimum atomic E-state index is -0.0371. The van der Waals surface area contributed by atoms with Gasteiger partial charge in [-0.2, -0.15) is 0 Å². The van der Waals surface area contributed by atoms with E-state index in [4.69, 9.17) is 0 Å². The van der Waals surface area contributed by atoms with E-state index in [1.807, 2.05) is 89.5 Å². The van der Waals surface area contributed by atoms with E-state index < -0.39 is 0 Å². The second-order valence-electron chi connectivity index (χ2n) is 7.09. The molecule has 0 N–H and O–H groups in total. The molecular weight excluding hydrogens is 356 g/mol. The first-order valence-electron chi connectivity index (χ1n) is 9.64. The predicted molar refractivity (Wildman–Crippen MR) is 121 cm³/mol. The Morgan fingerprint density at radius 1 is 0.793 bits per heavy atom. The highest BCUT2D eigenvalue weighted by Gasteiger charge is 2.22. The molecule has 2 aromatic heterocycles. The van der Waals surface area contributed by atoms with Crippen LogP contribution in [-0.2, 0) is 0 Å². The zero-order valence-electron chi connectivity index (χ0n) is 16.2. The van der Waals surface area contributed by atoms with E-state index in [0.29, 0.717) is 5.52 Å². The maximum absolute atomic E-state index is 13.9. The topological polar surface area (TPSA) is 26.4 Å². The largest absolute Gasteiger partial charge is 0.306 e. The molecule has 0 aliphatic carbocycles.